The van der Waals surface area contributed by atoms with Gasteiger partial charge in [-0.3, -0.25) is 9.88 Å². The van der Waals surface area contributed by atoms with E-state index in [4.69, 9.17) is 4.74 Å². The predicted octanol–water partition coefficient (Wildman–Crippen LogP) is 2.35. The molecule has 134 valence electrons. The molecule has 0 spiro atoms. The van der Waals surface area contributed by atoms with E-state index in [1.165, 1.54) is 24.1 Å². The minimum absolute atomic E-state index is 0.423. The van der Waals surface area contributed by atoms with Gasteiger partial charge in [0.1, 0.15) is 12.4 Å². The molecule has 0 unspecified atom stereocenters. The van der Waals surface area contributed by atoms with Crippen LogP contribution in [0.15, 0.2) is 18.3 Å². The Morgan fingerprint density at radius 1 is 1.24 bits per heavy atom. The molecule has 0 amide bonds. The lowest BCUT2D eigenvalue weighted by Crippen LogP contribution is -2.34. The van der Waals surface area contributed by atoms with Gasteiger partial charge < -0.3 is 9.30 Å². The van der Waals surface area contributed by atoms with Gasteiger partial charge in [-0.25, -0.2) is 0 Å². The van der Waals surface area contributed by atoms with Crippen molar-refractivity contribution in [1.82, 2.24) is 24.6 Å². The molecule has 2 aromatic heterocycles. The first-order valence-corrected chi connectivity index (χ1v) is 9.34. The van der Waals surface area contributed by atoms with Crippen LogP contribution in [0.3, 0.4) is 0 Å². The summed E-state index contributed by atoms with van der Waals surface area (Å²) >= 11 is 0. The maximum absolute atomic E-state index is 5.83. The Labute approximate surface area is 149 Å². The average Bonchev–Trinajstić information content (AvgIpc) is 3.37. The lowest BCUT2D eigenvalue weighted by molar-refractivity contribution is 0.103. The molecule has 0 bridgehead atoms. The summed E-state index contributed by atoms with van der Waals surface area (Å²) in [6, 6.07) is 4.56. The van der Waals surface area contributed by atoms with Gasteiger partial charge in [-0.15, -0.1) is 10.2 Å². The monoisotopic (exact) mass is 341 g/mol. The molecule has 2 aliphatic rings. The molecule has 0 radical (unpaired) electrons. The van der Waals surface area contributed by atoms with E-state index in [9.17, 15) is 0 Å². The van der Waals surface area contributed by atoms with Crippen LogP contribution < -0.4 is 0 Å². The van der Waals surface area contributed by atoms with Crippen molar-refractivity contribution >= 4 is 0 Å². The van der Waals surface area contributed by atoms with Gasteiger partial charge in [0.2, 0.25) is 0 Å². The molecule has 0 aromatic carbocycles. The maximum atomic E-state index is 5.83. The van der Waals surface area contributed by atoms with E-state index >= 15 is 0 Å². The second kappa shape index (κ2) is 7.22. The Bertz CT molecular complexity index is 724. The van der Waals surface area contributed by atoms with Crippen molar-refractivity contribution in [2.45, 2.75) is 58.8 Å². The number of ether oxygens (including phenoxy) is 1. The molecule has 1 fully saturated rings. The van der Waals surface area contributed by atoms with Crippen molar-refractivity contribution in [3.63, 3.8) is 0 Å². The highest BCUT2D eigenvalue weighted by molar-refractivity contribution is 5.17. The zero-order valence-electron chi connectivity index (χ0n) is 15.2. The van der Waals surface area contributed by atoms with Crippen molar-refractivity contribution < 1.29 is 4.74 Å². The van der Waals surface area contributed by atoms with Crippen LogP contribution in [-0.2, 0) is 30.9 Å². The Morgan fingerprint density at radius 3 is 2.92 bits per heavy atom. The number of nitrogens with zero attached hydrogens (tertiary/aromatic N) is 5. The topological polar surface area (TPSA) is 56.1 Å². The van der Waals surface area contributed by atoms with E-state index in [0.717, 1.165) is 50.2 Å². The van der Waals surface area contributed by atoms with Crippen LogP contribution in [0, 0.1) is 12.8 Å². The zero-order chi connectivity index (χ0) is 17.2. The molecule has 6 heteroatoms. The molecule has 0 N–H and O–H groups in total. The summed E-state index contributed by atoms with van der Waals surface area (Å²) in [5.74, 6) is 2.83. The molecule has 2 aromatic rings. The van der Waals surface area contributed by atoms with Gasteiger partial charge in [-0.2, -0.15) is 0 Å². The van der Waals surface area contributed by atoms with E-state index in [1.807, 2.05) is 12.3 Å². The van der Waals surface area contributed by atoms with Crippen LogP contribution in [0.25, 0.3) is 0 Å². The SMILES string of the molecule is Cc1cccnc1CN1CCn2c(COCC3CC3)nnc2C[C@H]1C. The summed E-state index contributed by atoms with van der Waals surface area (Å²) in [7, 11) is 0. The Morgan fingerprint density at radius 2 is 2.12 bits per heavy atom. The third-order valence-corrected chi connectivity index (χ3v) is 5.37. The second-order valence-corrected chi connectivity index (χ2v) is 7.43. The normalized spacial score (nSPS) is 21.1. The number of rotatable bonds is 6. The van der Waals surface area contributed by atoms with Crippen molar-refractivity contribution in [3.8, 4) is 0 Å². The third-order valence-electron chi connectivity index (χ3n) is 5.37. The molecule has 3 heterocycles. The first-order chi connectivity index (χ1) is 12.2. The summed E-state index contributed by atoms with van der Waals surface area (Å²) in [5, 5.41) is 8.80. The Balaban J connectivity index is 1.42. The molecule has 1 aliphatic heterocycles. The van der Waals surface area contributed by atoms with Gasteiger partial charge in [-0.05, 0) is 44.2 Å². The largest absolute Gasteiger partial charge is 0.373 e. The van der Waals surface area contributed by atoms with E-state index in [0.29, 0.717) is 12.6 Å². The molecule has 0 saturated heterocycles. The smallest absolute Gasteiger partial charge is 0.159 e. The summed E-state index contributed by atoms with van der Waals surface area (Å²) in [6.07, 6.45) is 5.44. The van der Waals surface area contributed by atoms with E-state index in [-0.39, 0.29) is 0 Å². The zero-order valence-corrected chi connectivity index (χ0v) is 15.2. The highest BCUT2D eigenvalue weighted by Crippen LogP contribution is 2.29. The van der Waals surface area contributed by atoms with Crippen LogP contribution in [0.4, 0.5) is 0 Å². The fraction of sp³-hybridized carbons (Fsp3) is 0.632. The van der Waals surface area contributed by atoms with Gasteiger partial charge in [-0.1, -0.05) is 6.07 Å². The number of aromatic nitrogens is 4. The summed E-state index contributed by atoms with van der Waals surface area (Å²) < 4.78 is 8.09. The predicted molar refractivity (Wildman–Crippen MR) is 95.0 cm³/mol. The Hall–Kier alpha value is -1.79. The van der Waals surface area contributed by atoms with Crippen LogP contribution in [0.2, 0.25) is 0 Å². The average molecular weight is 341 g/mol. The van der Waals surface area contributed by atoms with E-state index < -0.39 is 0 Å². The van der Waals surface area contributed by atoms with Gasteiger partial charge >= 0.3 is 0 Å². The highest BCUT2D eigenvalue weighted by Gasteiger charge is 2.25. The lowest BCUT2D eigenvalue weighted by Gasteiger charge is -2.26. The fourth-order valence-electron chi connectivity index (χ4n) is 3.44. The third kappa shape index (κ3) is 3.90. The maximum Gasteiger partial charge on any atom is 0.159 e. The lowest BCUT2D eigenvalue weighted by atomic mass is 10.1. The number of aryl methyl sites for hydroxylation is 1. The van der Waals surface area contributed by atoms with Gasteiger partial charge in [0.15, 0.2) is 5.82 Å². The Kier molecular flexibility index (Phi) is 4.81. The van der Waals surface area contributed by atoms with Crippen LogP contribution >= 0.6 is 0 Å². The van der Waals surface area contributed by atoms with Gasteiger partial charge in [0.25, 0.3) is 0 Å². The van der Waals surface area contributed by atoms with Gasteiger partial charge in [0.05, 0.1) is 5.69 Å². The minimum Gasteiger partial charge on any atom is -0.373 e. The molecule has 1 atom stereocenters. The standard InChI is InChI=1S/C19H27N5O/c1-14-4-3-7-20-17(14)11-23-8-9-24-18(10-15(23)2)21-22-19(24)13-25-12-16-5-6-16/h3-4,7,15-16H,5-6,8-13H2,1-2H3/t15-/m1/s1. The fourth-order valence-corrected chi connectivity index (χ4v) is 3.44. The molecule has 4 rings (SSSR count). The minimum atomic E-state index is 0.423. The first-order valence-electron chi connectivity index (χ1n) is 9.34. The van der Waals surface area contributed by atoms with Crippen LogP contribution in [0.1, 0.15) is 42.7 Å². The van der Waals surface area contributed by atoms with E-state index in [2.05, 4.69) is 44.6 Å². The molecular formula is C19H27N5O. The summed E-state index contributed by atoms with van der Waals surface area (Å²) in [5.41, 5.74) is 2.42. The molecule has 25 heavy (non-hydrogen) atoms. The molecule has 6 nitrogen and oxygen atoms in total. The first kappa shape index (κ1) is 16.7. The van der Waals surface area contributed by atoms with Crippen molar-refractivity contribution in [2.75, 3.05) is 13.2 Å². The van der Waals surface area contributed by atoms with Crippen LogP contribution in [-0.4, -0.2) is 43.8 Å². The molecule has 1 saturated carbocycles. The van der Waals surface area contributed by atoms with Crippen molar-refractivity contribution in [2.24, 2.45) is 5.92 Å². The van der Waals surface area contributed by atoms with Crippen molar-refractivity contribution in [3.05, 3.63) is 41.2 Å². The van der Waals surface area contributed by atoms with E-state index in [1.54, 1.807) is 0 Å². The molecule has 1 aliphatic carbocycles. The number of pyridine rings is 1. The van der Waals surface area contributed by atoms with Crippen LogP contribution in [0.5, 0.6) is 0 Å². The van der Waals surface area contributed by atoms with Crippen molar-refractivity contribution in [1.29, 1.82) is 0 Å². The quantitative estimate of drug-likeness (QED) is 0.807. The molecular weight excluding hydrogens is 314 g/mol. The summed E-state index contributed by atoms with van der Waals surface area (Å²) in [4.78, 5) is 7.06. The van der Waals surface area contributed by atoms with Gasteiger partial charge in [0, 0.05) is 44.9 Å². The summed E-state index contributed by atoms with van der Waals surface area (Å²) in [6.45, 7) is 8.64. The highest BCUT2D eigenvalue weighted by atomic mass is 16.5. The number of hydrogen-bond donors (Lipinski definition) is 0. The number of fused-ring (bicyclic) bond motifs is 1. The second-order valence-electron chi connectivity index (χ2n) is 7.43. The number of hydrogen-bond acceptors (Lipinski definition) is 5.